The lowest BCUT2D eigenvalue weighted by Gasteiger charge is -2.21. The normalized spacial score (nSPS) is 15.5. The van der Waals surface area contributed by atoms with Crippen molar-refractivity contribution in [1.82, 2.24) is 5.32 Å². The molecule has 0 bridgehead atoms. The Morgan fingerprint density at radius 3 is 2.89 bits per heavy atom. The van der Waals surface area contributed by atoms with E-state index in [1.807, 2.05) is 32.0 Å². The molecule has 0 amide bonds. The summed E-state index contributed by atoms with van der Waals surface area (Å²) in [6.45, 7) is 5.53. The van der Waals surface area contributed by atoms with Crippen molar-refractivity contribution < 1.29 is 8.42 Å². The Morgan fingerprint density at radius 1 is 1.39 bits per heavy atom. The van der Waals surface area contributed by atoms with Gasteiger partial charge in [0.15, 0.2) is 0 Å². The topological polar surface area (TPSA) is 58.2 Å². The molecule has 1 heterocycles. The summed E-state index contributed by atoms with van der Waals surface area (Å²) in [5.41, 5.74) is 3.06. The number of fused-ring (bicyclic) bond motifs is 1. The minimum Gasteiger partial charge on any atom is -0.312 e. The minimum absolute atomic E-state index is 0.128. The molecular formula is C13H20N2O2S. The van der Waals surface area contributed by atoms with Gasteiger partial charge >= 0.3 is 0 Å². The monoisotopic (exact) mass is 268 g/mol. The molecule has 2 N–H and O–H groups in total. The molecule has 5 heteroatoms. The number of nitrogens with one attached hydrogen (secondary N) is 2. The first-order valence-corrected chi connectivity index (χ1v) is 7.95. The quantitative estimate of drug-likeness (QED) is 0.874. The Kier molecular flexibility index (Phi) is 3.92. The molecule has 1 aromatic carbocycles. The third-order valence-electron chi connectivity index (χ3n) is 2.96. The highest BCUT2D eigenvalue weighted by Crippen LogP contribution is 2.24. The molecule has 0 fully saturated rings. The number of anilines is 1. The number of sulfonamides is 1. The van der Waals surface area contributed by atoms with Crippen molar-refractivity contribution in [2.75, 3.05) is 17.0 Å². The average molecular weight is 268 g/mol. The Morgan fingerprint density at radius 2 is 2.17 bits per heavy atom. The molecule has 1 aliphatic rings. The maximum absolute atomic E-state index is 12.0. The van der Waals surface area contributed by atoms with E-state index in [9.17, 15) is 8.42 Å². The van der Waals surface area contributed by atoms with Gasteiger partial charge in [-0.15, -0.1) is 0 Å². The van der Waals surface area contributed by atoms with E-state index >= 15 is 0 Å². The van der Waals surface area contributed by atoms with Crippen LogP contribution in [0.1, 0.15) is 25.0 Å². The van der Waals surface area contributed by atoms with E-state index in [-0.39, 0.29) is 11.7 Å². The molecule has 0 radical (unpaired) electrons. The fraction of sp³-hybridized carbons (Fsp3) is 0.538. The van der Waals surface area contributed by atoms with Gasteiger partial charge in [-0.2, -0.15) is 0 Å². The lowest BCUT2D eigenvalue weighted by molar-refractivity contribution is 0.587. The number of rotatable bonds is 4. The van der Waals surface area contributed by atoms with Gasteiger partial charge in [-0.3, -0.25) is 4.72 Å². The lowest BCUT2D eigenvalue weighted by atomic mass is 9.99. The van der Waals surface area contributed by atoms with Crippen LogP contribution >= 0.6 is 0 Å². The third kappa shape index (κ3) is 3.23. The summed E-state index contributed by atoms with van der Waals surface area (Å²) in [5.74, 6) is 0.290. The molecule has 0 spiro atoms. The maximum Gasteiger partial charge on any atom is 0.232 e. The van der Waals surface area contributed by atoms with Gasteiger partial charge < -0.3 is 5.32 Å². The van der Waals surface area contributed by atoms with Crippen molar-refractivity contribution in [1.29, 1.82) is 0 Å². The zero-order valence-electron chi connectivity index (χ0n) is 10.9. The van der Waals surface area contributed by atoms with Crippen LogP contribution in [-0.2, 0) is 23.0 Å². The molecule has 18 heavy (non-hydrogen) atoms. The van der Waals surface area contributed by atoms with Gasteiger partial charge in [0.2, 0.25) is 10.0 Å². The van der Waals surface area contributed by atoms with Gasteiger partial charge in [0, 0.05) is 6.54 Å². The summed E-state index contributed by atoms with van der Waals surface area (Å²) in [5, 5.41) is 3.29. The predicted molar refractivity (Wildman–Crippen MR) is 74.1 cm³/mol. The van der Waals surface area contributed by atoms with E-state index < -0.39 is 10.0 Å². The highest BCUT2D eigenvalue weighted by molar-refractivity contribution is 7.92. The van der Waals surface area contributed by atoms with E-state index in [0.717, 1.165) is 30.8 Å². The molecule has 0 aromatic heterocycles. The highest BCUT2D eigenvalue weighted by Gasteiger charge is 2.17. The molecule has 1 aromatic rings. The van der Waals surface area contributed by atoms with Crippen molar-refractivity contribution in [2.24, 2.45) is 5.92 Å². The SMILES string of the molecule is CC(C)CS(=O)(=O)Nc1cccc2c1CCNC2. The van der Waals surface area contributed by atoms with Crippen LogP contribution in [-0.4, -0.2) is 20.7 Å². The van der Waals surface area contributed by atoms with Crippen LogP contribution in [0.4, 0.5) is 5.69 Å². The van der Waals surface area contributed by atoms with Gasteiger partial charge in [0.1, 0.15) is 0 Å². The van der Waals surface area contributed by atoms with E-state index in [1.165, 1.54) is 5.56 Å². The summed E-state index contributed by atoms with van der Waals surface area (Å²) in [6.07, 6.45) is 0.871. The molecule has 0 atom stereocenters. The average Bonchev–Trinajstić information content (AvgIpc) is 2.27. The molecule has 0 aliphatic carbocycles. The molecule has 0 saturated carbocycles. The molecule has 0 unspecified atom stereocenters. The van der Waals surface area contributed by atoms with Gasteiger partial charge in [0.05, 0.1) is 11.4 Å². The van der Waals surface area contributed by atoms with E-state index in [2.05, 4.69) is 10.0 Å². The van der Waals surface area contributed by atoms with Crippen LogP contribution < -0.4 is 10.0 Å². The van der Waals surface area contributed by atoms with Crippen molar-refractivity contribution in [2.45, 2.75) is 26.8 Å². The summed E-state index contributed by atoms with van der Waals surface area (Å²) in [7, 11) is -3.24. The first-order chi connectivity index (χ1) is 8.48. The van der Waals surface area contributed by atoms with Gasteiger partial charge in [-0.05, 0) is 36.1 Å². The number of hydrogen-bond acceptors (Lipinski definition) is 3. The lowest BCUT2D eigenvalue weighted by Crippen LogP contribution is -2.26. The Bertz CT molecular complexity index is 524. The summed E-state index contributed by atoms with van der Waals surface area (Å²) >= 11 is 0. The molecule has 2 rings (SSSR count). The predicted octanol–water partition coefficient (Wildman–Crippen LogP) is 1.73. The molecule has 1 aliphatic heterocycles. The van der Waals surface area contributed by atoms with Crippen molar-refractivity contribution >= 4 is 15.7 Å². The molecule has 100 valence electrons. The zero-order valence-corrected chi connectivity index (χ0v) is 11.7. The Hall–Kier alpha value is -1.07. The summed E-state index contributed by atoms with van der Waals surface area (Å²) in [6, 6.07) is 5.79. The fourth-order valence-corrected chi connectivity index (χ4v) is 3.76. The summed E-state index contributed by atoms with van der Waals surface area (Å²) < 4.78 is 26.7. The first kappa shape index (κ1) is 13.4. The fourth-order valence-electron chi connectivity index (χ4n) is 2.28. The standard InChI is InChI=1S/C13H20N2O2S/c1-10(2)9-18(16,17)15-13-5-3-4-11-8-14-7-6-12(11)13/h3-5,10,14-15H,6-9H2,1-2H3. The van der Waals surface area contributed by atoms with Crippen LogP contribution in [0.25, 0.3) is 0 Å². The van der Waals surface area contributed by atoms with Crippen LogP contribution in [0.3, 0.4) is 0 Å². The third-order valence-corrected chi connectivity index (χ3v) is 4.59. The van der Waals surface area contributed by atoms with Crippen LogP contribution in [0.15, 0.2) is 18.2 Å². The summed E-state index contributed by atoms with van der Waals surface area (Å²) in [4.78, 5) is 0. The second-order valence-corrected chi connectivity index (χ2v) is 6.91. The second-order valence-electron chi connectivity index (χ2n) is 5.15. The number of hydrogen-bond donors (Lipinski definition) is 2. The van der Waals surface area contributed by atoms with E-state index in [1.54, 1.807) is 0 Å². The highest BCUT2D eigenvalue weighted by atomic mass is 32.2. The van der Waals surface area contributed by atoms with E-state index in [0.29, 0.717) is 0 Å². The van der Waals surface area contributed by atoms with E-state index in [4.69, 9.17) is 0 Å². The van der Waals surface area contributed by atoms with Gasteiger partial charge in [0.25, 0.3) is 0 Å². The van der Waals surface area contributed by atoms with Gasteiger partial charge in [-0.1, -0.05) is 26.0 Å². The minimum atomic E-state index is -3.24. The van der Waals surface area contributed by atoms with Crippen LogP contribution in [0, 0.1) is 5.92 Å². The Balaban J connectivity index is 2.24. The van der Waals surface area contributed by atoms with Crippen molar-refractivity contribution in [3.8, 4) is 0 Å². The zero-order chi connectivity index (χ0) is 13.2. The van der Waals surface area contributed by atoms with Crippen molar-refractivity contribution in [3.05, 3.63) is 29.3 Å². The van der Waals surface area contributed by atoms with Crippen LogP contribution in [0.2, 0.25) is 0 Å². The first-order valence-electron chi connectivity index (χ1n) is 6.30. The Labute approximate surface area is 109 Å². The van der Waals surface area contributed by atoms with Gasteiger partial charge in [-0.25, -0.2) is 8.42 Å². The largest absolute Gasteiger partial charge is 0.312 e. The molecule has 0 saturated heterocycles. The maximum atomic E-state index is 12.0. The molecular weight excluding hydrogens is 248 g/mol. The smallest absolute Gasteiger partial charge is 0.232 e. The number of benzene rings is 1. The van der Waals surface area contributed by atoms with Crippen LogP contribution in [0.5, 0.6) is 0 Å². The molecule has 4 nitrogen and oxygen atoms in total. The second kappa shape index (κ2) is 5.28. The van der Waals surface area contributed by atoms with Crippen molar-refractivity contribution in [3.63, 3.8) is 0 Å².